The maximum Gasteiger partial charge on any atom is 0.173 e. The van der Waals surface area contributed by atoms with Crippen LogP contribution in [0.4, 0.5) is 0 Å². The number of hydrogen-bond donors (Lipinski definition) is 1. The first kappa shape index (κ1) is 18.3. The molecule has 4 rings (SSSR count). The molecule has 140 valence electrons. The molecule has 7 heteroatoms. The van der Waals surface area contributed by atoms with Gasteiger partial charge in [0.05, 0.1) is 21.8 Å². The molecule has 1 aliphatic heterocycles. The predicted molar refractivity (Wildman–Crippen MR) is 108 cm³/mol. The number of nitrogens with zero attached hydrogens (tertiary/aromatic N) is 3. The number of aryl methyl sites for hydroxylation is 2. The summed E-state index contributed by atoms with van der Waals surface area (Å²) < 4.78 is 1.94. The van der Waals surface area contributed by atoms with Crippen molar-refractivity contribution in [2.75, 3.05) is 6.54 Å². The third-order valence-electron chi connectivity index (χ3n) is 4.96. The van der Waals surface area contributed by atoms with Gasteiger partial charge in [0.1, 0.15) is 0 Å². The molecule has 0 bridgehead atoms. The molecule has 0 unspecified atom stereocenters. The molecule has 0 saturated carbocycles. The number of carbonyl (C=O) groups excluding carboxylic acids is 1. The standard InChI is InChI=1S/C20H21ClN4OS/c21-16-12-24-25-6-2-4-18-15(20(16)25)9-19(27-18)17(26)8-14(10-22)7-13-3-1-5-23-11-13/h1,3,5,9,11-12,14H,2,4,6-8,10,22H2/t14-/m1/s1. The number of Topliss-reactive ketones (excluding diaryl/α,β-unsaturated/α-hetero) is 1. The fourth-order valence-corrected chi connectivity index (χ4v) is 4.99. The average Bonchev–Trinajstić information content (AvgIpc) is 3.21. The summed E-state index contributed by atoms with van der Waals surface area (Å²) in [6.45, 7) is 1.33. The van der Waals surface area contributed by atoms with Gasteiger partial charge in [0, 0.05) is 35.8 Å². The molecular weight excluding hydrogens is 380 g/mol. The number of hydrogen-bond acceptors (Lipinski definition) is 5. The van der Waals surface area contributed by atoms with Crippen molar-refractivity contribution in [3.63, 3.8) is 0 Å². The number of aromatic nitrogens is 3. The van der Waals surface area contributed by atoms with Gasteiger partial charge >= 0.3 is 0 Å². The van der Waals surface area contributed by atoms with E-state index in [1.54, 1.807) is 23.7 Å². The van der Waals surface area contributed by atoms with E-state index in [9.17, 15) is 4.79 Å². The Morgan fingerprint density at radius 2 is 2.30 bits per heavy atom. The minimum Gasteiger partial charge on any atom is -0.330 e. The van der Waals surface area contributed by atoms with E-state index in [4.69, 9.17) is 17.3 Å². The fraction of sp³-hybridized carbons (Fsp3) is 0.350. The van der Waals surface area contributed by atoms with Gasteiger partial charge in [-0.3, -0.25) is 14.5 Å². The summed E-state index contributed by atoms with van der Waals surface area (Å²) in [4.78, 5) is 19.1. The highest BCUT2D eigenvalue weighted by Crippen LogP contribution is 2.39. The zero-order valence-corrected chi connectivity index (χ0v) is 16.5. The van der Waals surface area contributed by atoms with Gasteiger partial charge in [-0.1, -0.05) is 17.7 Å². The molecule has 2 N–H and O–H groups in total. The number of halogens is 1. The van der Waals surface area contributed by atoms with Crippen LogP contribution in [-0.4, -0.2) is 27.1 Å². The minimum absolute atomic E-state index is 0.109. The lowest BCUT2D eigenvalue weighted by atomic mass is 9.94. The molecular formula is C20H21ClN4OS. The summed E-state index contributed by atoms with van der Waals surface area (Å²) in [6.07, 6.45) is 8.42. The van der Waals surface area contributed by atoms with Crippen LogP contribution in [0.3, 0.4) is 0 Å². The summed E-state index contributed by atoms with van der Waals surface area (Å²) in [5.41, 5.74) is 9.04. The van der Waals surface area contributed by atoms with E-state index >= 15 is 0 Å². The molecule has 5 nitrogen and oxygen atoms in total. The summed E-state index contributed by atoms with van der Waals surface area (Å²) >= 11 is 7.95. The van der Waals surface area contributed by atoms with Crippen LogP contribution in [0.1, 0.15) is 33.0 Å². The Kier molecular flexibility index (Phi) is 5.38. The number of fused-ring (bicyclic) bond motifs is 3. The third-order valence-corrected chi connectivity index (χ3v) is 6.47. The van der Waals surface area contributed by atoms with E-state index < -0.39 is 0 Å². The Bertz CT molecular complexity index is 950. The maximum absolute atomic E-state index is 12.9. The van der Waals surface area contributed by atoms with E-state index in [-0.39, 0.29) is 11.7 Å². The van der Waals surface area contributed by atoms with Crippen molar-refractivity contribution in [3.05, 3.63) is 57.1 Å². The van der Waals surface area contributed by atoms with Crippen molar-refractivity contribution in [2.45, 2.75) is 32.2 Å². The molecule has 0 saturated heterocycles. The third kappa shape index (κ3) is 3.83. The second-order valence-electron chi connectivity index (χ2n) is 6.91. The highest BCUT2D eigenvalue weighted by molar-refractivity contribution is 7.14. The topological polar surface area (TPSA) is 73.8 Å². The normalized spacial score (nSPS) is 14.3. The van der Waals surface area contributed by atoms with Crippen molar-refractivity contribution in [1.82, 2.24) is 14.8 Å². The Morgan fingerprint density at radius 1 is 1.41 bits per heavy atom. The van der Waals surface area contributed by atoms with Crippen LogP contribution in [0, 0.1) is 5.92 Å². The Hall–Kier alpha value is -2.02. The lowest BCUT2D eigenvalue weighted by Crippen LogP contribution is -2.20. The monoisotopic (exact) mass is 400 g/mol. The molecule has 3 aromatic rings. The first-order chi connectivity index (χ1) is 13.2. The molecule has 0 spiro atoms. The summed E-state index contributed by atoms with van der Waals surface area (Å²) in [5.74, 6) is 0.257. The summed E-state index contributed by atoms with van der Waals surface area (Å²) in [6, 6.07) is 5.93. The quantitative estimate of drug-likeness (QED) is 0.634. The van der Waals surface area contributed by atoms with Gasteiger partial charge < -0.3 is 5.73 Å². The Morgan fingerprint density at radius 3 is 3.07 bits per heavy atom. The van der Waals surface area contributed by atoms with Crippen LogP contribution >= 0.6 is 22.9 Å². The largest absolute Gasteiger partial charge is 0.330 e. The minimum atomic E-state index is 0.109. The van der Waals surface area contributed by atoms with Crippen molar-refractivity contribution in [1.29, 1.82) is 0 Å². The van der Waals surface area contributed by atoms with Crippen molar-refractivity contribution in [2.24, 2.45) is 11.7 Å². The zero-order valence-electron chi connectivity index (χ0n) is 14.9. The van der Waals surface area contributed by atoms with E-state index in [1.807, 2.05) is 29.1 Å². The molecule has 4 heterocycles. The second-order valence-corrected chi connectivity index (χ2v) is 8.45. The summed E-state index contributed by atoms with van der Waals surface area (Å²) in [7, 11) is 0. The van der Waals surface area contributed by atoms with Crippen LogP contribution in [0.2, 0.25) is 5.02 Å². The Labute approximate surface area is 167 Å². The number of thiophene rings is 1. The van der Waals surface area contributed by atoms with E-state index in [0.717, 1.165) is 47.5 Å². The second kappa shape index (κ2) is 7.92. The molecule has 0 aromatic carbocycles. The lowest BCUT2D eigenvalue weighted by Gasteiger charge is -2.13. The molecule has 0 amide bonds. The van der Waals surface area contributed by atoms with Crippen molar-refractivity contribution in [3.8, 4) is 11.3 Å². The van der Waals surface area contributed by atoms with E-state index in [2.05, 4.69) is 10.1 Å². The van der Waals surface area contributed by atoms with Gasteiger partial charge in [-0.2, -0.15) is 5.10 Å². The van der Waals surface area contributed by atoms with Crippen LogP contribution in [0.25, 0.3) is 11.3 Å². The number of pyridine rings is 1. The highest BCUT2D eigenvalue weighted by atomic mass is 35.5. The number of rotatable bonds is 6. The van der Waals surface area contributed by atoms with E-state index in [1.165, 1.54) is 4.88 Å². The van der Waals surface area contributed by atoms with Crippen LogP contribution in [0.15, 0.2) is 36.8 Å². The Balaban J connectivity index is 1.55. The number of carbonyl (C=O) groups is 1. The number of nitrogens with two attached hydrogens (primary N) is 1. The van der Waals surface area contributed by atoms with Crippen LogP contribution < -0.4 is 5.73 Å². The molecule has 3 aromatic heterocycles. The molecule has 0 aliphatic carbocycles. The molecule has 1 atom stereocenters. The average molecular weight is 401 g/mol. The van der Waals surface area contributed by atoms with Gasteiger partial charge in [-0.05, 0) is 49.4 Å². The molecule has 0 radical (unpaired) electrons. The van der Waals surface area contributed by atoms with Crippen molar-refractivity contribution < 1.29 is 4.79 Å². The lowest BCUT2D eigenvalue weighted by molar-refractivity contribution is 0.0966. The van der Waals surface area contributed by atoms with Gasteiger partial charge in [0.15, 0.2) is 5.78 Å². The van der Waals surface area contributed by atoms with Gasteiger partial charge in [-0.25, -0.2) is 0 Å². The van der Waals surface area contributed by atoms with Crippen LogP contribution in [0.5, 0.6) is 0 Å². The van der Waals surface area contributed by atoms with Crippen molar-refractivity contribution >= 4 is 28.7 Å². The molecule has 1 aliphatic rings. The summed E-state index contributed by atoms with van der Waals surface area (Å²) in [5, 5.41) is 5.00. The van der Waals surface area contributed by atoms with Gasteiger partial charge in [-0.15, -0.1) is 11.3 Å². The van der Waals surface area contributed by atoms with Crippen LogP contribution in [-0.2, 0) is 19.4 Å². The molecule has 0 fully saturated rings. The fourth-order valence-electron chi connectivity index (χ4n) is 3.60. The maximum atomic E-state index is 12.9. The predicted octanol–water partition coefficient (Wildman–Crippen LogP) is 4.00. The highest BCUT2D eigenvalue weighted by Gasteiger charge is 2.24. The molecule has 27 heavy (non-hydrogen) atoms. The zero-order chi connectivity index (χ0) is 18.8. The first-order valence-corrected chi connectivity index (χ1v) is 10.3. The van der Waals surface area contributed by atoms with Gasteiger partial charge in [0.25, 0.3) is 0 Å². The number of ketones is 1. The smallest absolute Gasteiger partial charge is 0.173 e. The first-order valence-electron chi connectivity index (χ1n) is 9.12. The van der Waals surface area contributed by atoms with E-state index in [0.29, 0.717) is 18.0 Å². The SMILES string of the molecule is NC[C@@H](CC(=O)c1cc2c(s1)CCCn1ncc(Cl)c1-2)Cc1cccnc1. The van der Waals surface area contributed by atoms with Gasteiger partial charge in [0.2, 0.25) is 0 Å².